The van der Waals surface area contributed by atoms with Gasteiger partial charge in [0.15, 0.2) is 0 Å². The number of hydrogen-bond acceptors (Lipinski definition) is 8. The quantitative estimate of drug-likeness (QED) is 0.124. The monoisotopic (exact) mass is 790 g/mol. The molecule has 14 nitrogen and oxygen atoms in total. The zero-order chi connectivity index (χ0) is 40.3. The van der Waals surface area contributed by atoms with E-state index in [1.807, 2.05) is 62.4 Å². The lowest BCUT2D eigenvalue weighted by molar-refractivity contribution is -0.137. The summed E-state index contributed by atoms with van der Waals surface area (Å²) in [5, 5.41) is 5.15. The summed E-state index contributed by atoms with van der Waals surface area (Å²) in [4.78, 5) is 69.3. The number of methoxy groups -OCH3 is 2. The topological polar surface area (TPSA) is 175 Å². The van der Waals surface area contributed by atoms with Gasteiger partial charge in [0.2, 0.25) is 11.8 Å². The zero-order valence-corrected chi connectivity index (χ0v) is 32.3. The summed E-state index contributed by atoms with van der Waals surface area (Å²) in [7, 11) is 2.44. The Bertz CT molecular complexity index is 2030. The van der Waals surface area contributed by atoms with Gasteiger partial charge in [-0.1, -0.05) is 83.7 Å². The number of carbonyl (C=O) groups excluding carboxylic acids is 4. The van der Waals surface area contributed by atoms with E-state index in [1.165, 1.54) is 14.2 Å². The van der Waals surface area contributed by atoms with Crippen molar-refractivity contribution < 1.29 is 37.4 Å². The minimum absolute atomic E-state index is 0. The molecule has 2 saturated heterocycles. The van der Waals surface area contributed by atoms with Gasteiger partial charge in [0.1, 0.15) is 23.7 Å². The highest BCUT2D eigenvalue weighted by Crippen LogP contribution is 2.41. The number of imidazole rings is 2. The van der Waals surface area contributed by atoms with Crippen LogP contribution < -0.4 is 10.6 Å². The molecule has 2 aliphatic rings. The van der Waals surface area contributed by atoms with E-state index in [9.17, 15) is 28.0 Å². The third-order valence-electron chi connectivity index (χ3n) is 10.4. The maximum Gasteiger partial charge on any atom is 0.407 e. The van der Waals surface area contributed by atoms with Gasteiger partial charge in [-0.25, -0.2) is 28.3 Å². The van der Waals surface area contributed by atoms with Crippen molar-refractivity contribution in [2.24, 2.45) is 11.8 Å². The van der Waals surface area contributed by atoms with Gasteiger partial charge in [-0.05, 0) is 46.9 Å². The van der Waals surface area contributed by atoms with Crippen molar-refractivity contribution >= 4 is 24.0 Å². The number of aromatic nitrogens is 4. The Morgan fingerprint density at radius 2 is 1.14 bits per heavy atom. The molecule has 0 aliphatic carbocycles. The van der Waals surface area contributed by atoms with E-state index in [4.69, 9.17) is 4.74 Å². The molecular weight excluding hydrogens is 738 g/mol. The van der Waals surface area contributed by atoms with Gasteiger partial charge in [-0.2, -0.15) is 0 Å². The largest absolute Gasteiger partial charge is 0.453 e. The number of nitrogens with zero attached hydrogens (tertiary/aromatic N) is 4. The molecule has 0 bridgehead atoms. The number of alkyl halides is 2. The Balaban J connectivity index is 0.00000620. The van der Waals surface area contributed by atoms with E-state index < -0.39 is 55.1 Å². The molecule has 0 saturated carbocycles. The maximum absolute atomic E-state index is 14.8. The number of benzene rings is 2. The van der Waals surface area contributed by atoms with E-state index in [1.54, 1.807) is 31.1 Å². The first-order chi connectivity index (χ1) is 26.7. The van der Waals surface area contributed by atoms with Crippen LogP contribution in [0.15, 0.2) is 60.9 Å². The number of ether oxygens (including phenoxy) is 2. The van der Waals surface area contributed by atoms with Gasteiger partial charge < -0.3 is 39.9 Å². The van der Waals surface area contributed by atoms with Gasteiger partial charge >= 0.3 is 12.2 Å². The Morgan fingerprint density at radius 1 is 0.719 bits per heavy atom. The SMILES string of the molecule is C.COC(=O)N[C@H](C(=O)N1CCC[C@H]1c1ncc(-c2ccc(-c3ccc(-c4cnc([C@@H]5CC(F)(F)CN5C(=O)[C@@H](NC(=O)OC)C(C)C)[nH]4)cc3)cc2)[nH]1)C(C)C. The molecule has 4 atom stereocenters. The van der Waals surface area contributed by atoms with E-state index in [0.29, 0.717) is 18.1 Å². The van der Waals surface area contributed by atoms with Crippen LogP contribution in [0.25, 0.3) is 33.6 Å². The number of likely N-dealkylation sites (tertiary alicyclic amines) is 2. The summed E-state index contributed by atoms with van der Waals surface area (Å²) >= 11 is 0. The van der Waals surface area contributed by atoms with Crippen LogP contribution in [-0.2, 0) is 19.1 Å². The Hall–Kier alpha value is -5.80. The third kappa shape index (κ3) is 9.26. The molecule has 0 radical (unpaired) electrons. The van der Waals surface area contributed by atoms with Crippen LogP contribution in [0.1, 0.15) is 78.1 Å². The highest BCUT2D eigenvalue weighted by atomic mass is 19.3. The van der Waals surface area contributed by atoms with Crippen LogP contribution in [-0.4, -0.2) is 99.1 Å². The number of aromatic amines is 2. The highest BCUT2D eigenvalue weighted by Gasteiger charge is 2.50. The third-order valence-corrected chi connectivity index (χ3v) is 10.4. The normalized spacial score (nSPS) is 18.6. The van der Waals surface area contributed by atoms with Gasteiger partial charge in [0, 0.05) is 13.0 Å². The van der Waals surface area contributed by atoms with E-state index in [2.05, 4.69) is 35.3 Å². The lowest BCUT2D eigenvalue weighted by Crippen LogP contribution is -2.51. The van der Waals surface area contributed by atoms with Gasteiger partial charge in [0.25, 0.3) is 5.92 Å². The minimum atomic E-state index is -3.13. The number of alkyl carbamates (subject to hydrolysis) is 2. The lowest BCUT2D eigenvalue weighted by atomic mass is 10.0. The number of rotatable bonds is 11. The molecule has 6 rings (SSSR count). The second kappa shape index (κ2) is 17.6. The molecule has 2 aromatic heterocycles. The number of halogens is 2. The summed E-state index contributed by atoms with van der Waals surface area (Å²) in [6.45, 7) is 6.97. The van der Waals surface area contributed by atoms with Gasteiger partial charge in [-0.3, -0.25) is 9.59 Å². The first-order valence-corrected chi connectivity index (χ1v) is 18.7. The molecular formula is C41H52F2N8O6. The fraction of sp³-hybridized carbons (Fsp3) is 0.463. The molecule has 2 aliphatic heterocycles. The number of H-pyrrole nitrogens is 2. The van der Waals surface area contributed by atoms with Crippen molar-refractivity contribution in [3.8, 4) is 33.6 Å². The molecule has 2 fully saturated rings. The lowest BCUT2D eigenvalue weighted by Gasteiger charge is -2.30. The molecule has 57 heavy (non-hydrogen) atoms. The number of hydrogen-bond donors (Lipinski definition) is 4. The Morgan fingerprint density at radius 3 is 1.58 bits per heavy atom. The van der Waals surface area contributed by atoms with Crippen molar-refractivity contribution in [3.05, 3.63) is 72.6 Å². The average Bonchev–Trinajstić information content (AvgIpc) is 4.01. The molecule has 4 heterocycles. The van der Waals surface area contributed by atoms with Crippen molar-refractivity contribution in [2.45, 2.75) is 84.5 Å². The Kier molecular flexibility index (Phi) is 13.0. The predicted octanol–water partition coefficient (Wildman–Crippen LogP) is 7.10. The maximum atomic E-state index is 14.8. The van der Waals surface area contributed by atoms with Crippen LogP contribution >= 0.6 is 0 Å². The average molecular weight is 791 g/mol. The van der Waals surface area contributed by atoms with Crippen LogP contribution in [0.5, 0.6) is 0 Å². The fourth-order valence-electron chi connectivity index (χ4n) is 7.35. The molecule has 306 valence electrons. The second-order valence-corrected chi connectivity index (χ2v) is 15.0. The van der Waals surface area contributed by atoms with Gasteiger partial charge in [-0.15, -0.1) is 0 Å². The minimum Gasteiger partial charge on any atom is -0.453 e. The van der Waals surface area contributed by atoms with E-state index in [0.717, 1.165) is 45.7 Å². The van der Waals surface area contributed by atoms with Crippen LogP contribution in [0.2, 0.25) is 0 Å². The molecule has 16 heteroatoms. The summed E-state index contributed by atoms with van der Waals surface area (Å²) in [5.41, 5.74) is 5.04. The molecule has 0 spiro atoms. The van der Waals surface area contributed by atoms with E-state index in [-0.39, 0.29) is 37.0 Å². The first kappa shape index (κ1) is 42.3. The van der Waals surface area contributed by atoms with Crippen molar-refractivity contribution in [1.29, 1.82) is 0 Å². The first-order valence-electron chi connectivity index (χ1n) is 18.7. The summed E-state index contributed by atoms with van der Waals surface area (Å²) in [5.74, 6) is -3.51. The molecule has 2 aromatic carbocycles. The fourth-order valence-corrected chi connectivity index (χ4v) is 7.35. The van der Waals surface area contributed by atoms with Crippen LogP contribution in [0.4, 0.5) is 18.4 Å². The van der Waals surface area contributed by atoms with Crippen LogP contribution in [0.3, 0.4) is 0 Å². The smallest absolute Gasteiger partial charge is 0.407 e. The standard InChI is InChI=1S/C40H48F2N8O6.CH4/c1-22(2)32(47-38(53)55-5)36(51)49-17-7-8-30(49)34-43-19-28(45-34)26-13-9-24(10-14-26)25-11-15-27(16-12-25)29-20-44-35(46-29)31-18-40(41,42)21-50(31)37(52)33(23(3)4)48-39(54)56-6;/h9-16,19-20,22-23,30-33H,7-8,17-18,21H2,1-6H3,(H,43,45)(H,44,46)(H,47,53)(H,48,54);1H4/t30-,31-,32-,33-;/m0./s1. The number of amides is 4. The number of nitrogens with one attached hydrogen (secondary N) is 4. The van der Waals surface area contributed by atoms with E-state index >= 15 is 0 Å². The predicted molar refractivity (Wildman–Crippen MR) is 210 cm³/mol. The molecule has 0 unspecified atom stereocenters. The molecule has 4 amide bonds. The molecule has 4 N–H and O–H groups in total. The van der Waals surface area contributed by atoms with Gasteiger partial charge in [0.05, 0.1) is 56.6 Å². The Labute approximate surface area is 331 Å². The summed E-state index contributed by atoms with van der Waals surface area (Å²) in [6, 6.07) is 12.7. The van der Waals surface area contributed by atoms with Crippen LogP contribution in [0, 0.1) is 11.8 Å². The van der Waals surface area contributed by atoms with Crippen molar-refractivity contribution in [1.82, 2.24) is 40.4 Å². The summed E-state index contributed by atoms with van der Waals surface area (Å²) < 4.78 is 38.9. The zero-order valence-electron chi connectivity index (χ0n) is 32.3. The second-order valence-electron chi connectivity index (χ2n) is 15.0. The highest BCUT2D eigenvalue weighted by molar-refractivity contribution is 5.87. The number of carbonyl (C=O) groups is 4. The van der Waals surface area contributed by atoms with Crippen molar-refractivity contribution in [3.63, 3.8) is 0 Å². The molecule has 4 aromatic rings. The van der Waals surface area contributed by atoms with Crippen molar-refractivity contribution in [2.75, 3.05) is 27.3 Å². The summed E-state index contributed by atoms with van der Waals surface area (Å²) in [6.07, 6.45) is 2.83.